The van der Waals surface area contributed by atoms with Crippen molar-refractivity contribution in [2.45, 2.75) is 204 Å². The molecule has 0 unspecified atom stereocenters. The van der Waals surface area contributed by atoms with Crippen molar-refractivity contribution in [1.29, 1.82) is 0 Å². The van der Waals surface area contributed by atoms with Gasteiger partial charge in [-0.2, -0.15) is 0 Å². The smallest absolute Gasteiger partial charge is 0.334 e. The van der Waals surface area contributed by atoms with E-state index in [1.807, 2.05) is 19.9 Å². The van der Waals surface area contributed by atoms with Gasteiger partial charge in [0.2, 0.25) is 0 Å². The Bertz CT molecular complexity index is 726. The number of hydrogen-bond donors (Lipinski definition) is 4. The first-order valence-electron chi connectivity index (χ1n) is 17.6. The molecule has 0 amide bonds. The monoisotopic (exact) mass is 596 g/mol. The van der Waals surface area contributed by atoms with Crippen molar-refractivity contribution in [3.8, 4) is 0 Å². The summed E-state index contributed by atoms with van der Waals surface area (Å²) < 4.78 is 11.3. The maximum atomic E-state index is 11.6. The molecule has 7 nitrogen and oxygen atoms in total. The maximum absolute atomic E-state index is 11.6. The van der Waals surface area contributed by atoms with Gasteiger partial charge in [-0.25, -0.2) is 4.79 Å². The summed E-state index contributed by atoms with van der Waals surface area (Å²) in [7, 11) is 0. The molecule has 7 atom stereocenters. The largest absolute Gasteiger partial charge is 0.455 e. The van der Waals surface area contributed by atoms with E-state index in [4.69, 9.17) is 9.47 Å². The van der Waals surface area contributed by atoms with Crippen molar-refractivity contribution in [3.05, 3.63) is 11.6 Å². The number of esters is 1. The fourth-order valence-corrected chi connectivity index (χ4v) is 6.46. The van der Waals surface area contributed by atoms with Gasteiger partial charge in [0, 0.05) is 12.0 Å². The first-order chi connectivity index (χ1) is 20.3. The van der Waals surface area contributed by atoms with Crippen LogP contribution in [-0.4, -0.2) is 69.1 Å². The Morgan fingerprint density at radius 1 is 0.738 bits per heavy atom. The number of aliphatic hydroxyl groups excluding tert-OH is 4. The third-order valence-electron chi connectivity index (χ3n) is 9.11. The summed E-state index contributed by atoms with van der Waals surface area (Å²) in [5, 5.41) is 40.5. The fraction of sp³-hybridized carbons (Fsp3) is 0.914. The van der Waals surface area contributed by atoms with E-state index >= 15 is 0 Å². The minimum absolute atomic E-state index is 0.0110. The van der Waals surface area contributed by atoms with Crippen LogP contribution in [0, 0.1) is 0 Å². The lowest BCUT2D eigenvalue weighted by Crippen LogP contribution is -2.26. The Hall–Kier alpha value is -0.990. The standard InChI is InChI=1S/C35H64O7/c1-3-18-31(37)32(38)21-16-12-8-9-13-17-22-33(39)34-24-23-30(42-34)20-15-11-7-5-4-6-10-14-19-29(36)26-28-25-27(2)41-35(28)40/h25,27,29-34,36-39H,3-24,26H2,1-2H3/t27-,29+,30-,31-,32+,33+,34+/m0/s1. The molecule has 0 aliphatic carbocycles. The summed E-state index contributed by atoms with van der Waals surface area (Å²) >= 11 is 0. The first-order valence-corrected chi connectivity index (χ1v) is 17.6. The van der Waals surface area contributed by atoms with Crippen LogP contribution >= 0.6 is 0 Å². The van der Waals surface area contributed by atoms with Gasteiger partial charge in [-0.1, -0.05) is 103 Å². The summed E-state index contributed by atoms with van der Waals surface area (Å²) in [4.78, 5) is 11.6. The predicted molar refractivity (Wildman–Crippen MR) is 168 cm³/mol. The second kappa shape index (κ2) is 22.5. The van der Waals surface area contributed by atoms with Crippen molar-refractivity contribution >= 4 is 5.97 Å². The number of ether oxygens (including phenoxy) is 2. The van der Waals surface area contributed by atoms with Gasteiger partial charge in [-0.05, 0) is 57.9 Å². The Morgan fingerprint density at radius 2 is 1.29 bits per heavy atom. The average molecular weight is 597 g/mol. The van der Waals surface area contributed by atoms with E-state index in [-0.39, 0.29) is 24.3 Å². The van der Waals surface area contributed by atoms with Crippen LogP contribution in [0.15, 0.2) is 11.6 Å². The number of cyclic esters (lactones) is 1. The summed E-state index contributed by atoms with van der Waals surface area (Å²) in [6.07, 6.45) is 23.5. The Morgan fingerprint density at radius 3 is 1.88 bits per heavy atom. The van der Waals surface area contributed by atoms with Gasteiger partial charge in [-0.15, -0.1) is 0 Å². The second-order valence-electron chi connectivity index (χ2n) is 13.1. The Balaban J connectivity index is 1.35. The van der Waals surface area contributed by atoms with Crippen LogP contribution in [0.1, 0.15) is 162 Å². The van der Waals surface area contributed by atoms with E-state index in [2.05, 4.69) is 0 Å². The van der Waals surface area contributed by atoms with E-state index in [1.54, 1.807) is 0 Å². The molecule has 4 N–H and O–H groups in total. The van der Waals surface area contributed by atoms with Gasteiger partial charge in [-0.3, -0.25) is 0 Å². The van der Waals surface area contributed by atoms with Crippen LogP contribution in [-0.2, 0) is 14.3 Å². The molecular weight excluding hydrogens is 532 g/mol. The van der Waals surface area contributed by atoms with E-state index in [0.717, 1.165) is 89.9 Å². The molecule has 0 radical (unpaired) electrons. The third kappa shape index (κ3) is 16.2. The van der Waals surface area contributed by atoms with Crippen molar-refractivity contribution in [1.82, 2.24) is 0 Å². The van der Waals surface area contributed by atoms with Crippen molar-refractivity contribution in [2.24, 2.45) is 0 Å². The van der Waals surface area contributed by atoms with Crippen molar-refractivity contribution < 1.29 is 34.7 Å². The van der Waals surface area contributed by atoms with Crippen LogP contribution < -0.4 is 0 Å². The van der Waals surface area contributed by atoms with Crippen molar-refractivity contribution in [2.75, 3.05) is 0 Å². The minimum Gasteiger partial charge on any atom is -0.455 e. The normalized spacial score (nSPS) is 23.5. The first kappa shape index (κ1) is 37.2. The molecular formula is C35H64O7. The van der Waals surface area contributed by atoms with E-state index in [9.17, 15) is 25.2 Å². The zero-order valence-electron chi connectivity index (χ0n) is 26.9. The Labute approximate surface area is 256 Å². The van der Waals surface area contributed by atoms with Crippen LogP contribution in [0.2, 0.25) is 0 Å². The molecule has 2 aliphatic rings. The van der Waals surface area contributed by atoms with E-state index < -0.39 is 18.3 Å². The SMILES string of the molecule is CCC[C@H](O)[C@H](O)CCCCCCCC[C@@H](O)[C@H]1CC[C@H](CCCCCCCCCC[C@@H](O)CC2=C[C@H](C)OC2=O)O1. The van der Waals surface area contributed by atoms with Gasteiger partial charge >= 0.3 is 5.97 Å². The summed E-state index contributed by atoms with van der Waals surface area (Å²) in [6.45, 7) is 3.86. The highest BCUT2D eigenvalue weighted by Crippen LogP contribution is 2.28. The molecule has 42 heavy (non-hydrogen) atoms. The number of aliphatic hydroxyl groups is 4. The summed E-state index contributed by atoms with van der Waals surface area (Å²) in [6, 6.07) is 0. The molecule has 0 aromatic heterocycles. The van der Waals surface area contributed by atoms with E-state index in [0.29, 0.717) is 30.9 Å². The zero-order chi connectivity index (χ0) is 30.6. The number of rotatable bonds is 26. The molecule has 0 bridgehead atoms. The average Bonchev–Trinajstić information content (AvgIpc) is 3.56. The molecule has 2 heterocycles. The van der Waals surface area contributed by atoms with Crippen LogP contribution in [0.4, 0.5) is 0 Å². The molecule has 0 aromatic rings. The highest BCUT2D eigenvalue weighted by Gasteiger charge is 2.30. The van der Waals surface area contributed by atoms with Gasteiger partial charge < -0.3 is 29.9 Å². The van der Waals surface area contributed by atoms with Gasteiger partial charge in [0.15, 0.2) is 0 Å². The Kier molecular flexibility index (Phi) is 19.9. The van der Waals surface area contributed by atoms with Crippen LogP contribution in [0.3, 0.4) is 0 Å². The lowest BCUT2D eigenvalue weighted by Gasteiger charge is -2.19. The molecule has 0 saturated carbocycles. The maximum Gasteiger partial charge on any atom is 0.334 e. The molecule has 0 spiro atoms. The molecule has 2 rings (SSSR count). The molecule has 2 aliphatic heterocycles. The number of carbonyl (C=O) groups is 1. The highest BCUT2D eigenvalue weighted by atomic mass is 16.5. The minimum atomic E-state index is -0.579. The topological polar surface area (TPSA) is 116 Å². The quantitative estimate of drug-likeness (QED) is 0.0624. The molecule has 246 valence electrons. The predicted octanol–water partition coefficient (Wildman–Crippen LogP) is 7.06. The van der Waals surface area contributed by atoms with Gasteiger partial charge in [0.1, 0.15) is 6.10 Å². The van der Waals surface area contributed by atoms with Gasteiger partial charge in [0.25, 0.3) is 0 Å². The molecule has 0 aromatic carbocycles. The van der Waals surface area contributed by atoms with Gasteiger partial charge in [0.05, 0.1) is 36.6 Å². The number of carbonyl (C=O) groups excluding carboxylic acids is 1. The zero-order valence-corrected chi connectivity index (χ0v) is 26.9. The summed E-state index contributed by atoms with van der Waals surface area (Å²) in [5.74, 6) is -0.276. The highest BCUT2D eigenvalue weighted by molar-refractivity contribution is 5.90. The third-order valence-corrected chi connectivity index (χ3v) is 9.11. The lowest BCUT2D eigenvalue weighted by molar-refractivity contribution is -0.139. The van der Waals surface area contributed by atoms with E-state index in [1.165, 1.54) is 38.5 Å². The van der Waals surface area contributed by atoms with Crippen LogP contribution in [0.25, 0.3) is 0 Å². The number of unbranched alkanes of at least 4 members (excludes halogenated alkanes) is 12. The fourth-order valence-electron chi connectivity index (χ4n) is 6.46. The summed E-state index contributed by atoms with van der Waals surface area (Å²) in [5.41, 5.74) is 0.623. The second-order valence-corrected chi connectivity index (χ2v) is 13.1. The molecule has 7 heteroatoms. The molecule has 1 saturated heterocycles. The lowest BCUT2D eigenvalue weighted by atomic mass is 10.00. The van der Waals surface area contributed by atoms with Crippen LogP contribution in [0.5, 0.6) is 0 Å². The molecule has 1 fully saturated rings. The number of hydrogen-bond acceptors (Lipinski definition) is 7. The van der Waals surface area contributed by atoms with Crippen molar-refractivity contribution in [3.63, 3.8) is 0 Å².